The first-order valence-electron chi connectivity index (χ1n) is 8.99. The van der Waals surface area contributed by atoms with Gasteiger partial charge in [0.15, 0.2) is 5.79 Å². The Balaban J connectivity index is 1.33. The summed E-state index contributed by atoms with van der Waals surface area (Å²) in [5.74, 6) is 0.538. The lowest BCUT2D eigenvalue weighted by Crippen LogP contribution is -2.46. The Hall–Kier alpha value is -0.810. The highest BCUT2D eigenvalue weighted by atomic mass is 35.5. The van der Waals surface area contributed by atoms with Gasteiger partial charge in [0, 0.05) is 24.9 Å². The van der Waals surface area contributed by atoms with Gasteiger partial charge in [-0.25, -0.2) is 0 Å². The molecule has 0 N–H and O–H groups in total. The summed E-state index contributed by atoms with van der Waals surface area (Å²) in [6.07, 6.45) is 2.78. The summed E-state index contributed by atoms with van der Waals surface area (Å²) in [4.78, 5) is 14.8. The molecule has 136 valence electrons. The van der Waals surface area contributed by atoms with E-state index in [2.05, 4.69) is 0 Å². The lowest BCUT2D eigenvalue weighted by atomic mass is 9.89. The van der Waals surface area contributed by atoms with Crippen LogP contribution in [0.4, 0.5) is 0 Å². The first-order chi connectivity index (χ1) is 12.0. The number of hydrogen-bond acceptors (Lipinski definition) is 3. The monoisotopic (exact) mass is 383 g/mol. The largest absolute Gasteiger partial charge is 0.348 e. The summed E-state index contributed by atoms with van der Waals surface area (Å²) in [5.41, 5.74) is 1.11. The maximum absolute atomic E-state index is 12.8. The number of hydrogen-bond donors (Lipinski definition) is 0. The summed E-state index contributed by atoms with van der Waals surface area (Å²) in [6.45, 7) is 4.95. The third-order valence-corrected chi connectivity index (χ3v) is 6.63. The number of ether oxygens (including phenoxy) is 2. The first kappa shape index (κ1) is 17.6. The van der Waals surface area contributed by atoms with Crippen molar-refractivity contribution in [2.75, 3.05) is 26.3 Å². The molecular formula is C19H23Cl2NO3. The van der Waals surface area contributed by atoms with Crippen LogP contribution in [0.15, 0.2) is 18.2 Å². The normalized spacial score (nSPS) is 29.0. The van der Waals surface area contributed by atoms with Crippen LogP contribution in [-0.2, 0) is 14.3 Å². The predicted octanol–water partition coefficient (Wildman–Crippen LogP) is 4.10. The molecule has 4 nitrogen and oxygen atoms in total. The average molecular weight is 384 g/mol. The number of amides is 1. The zero-order valence-electron chi connectivity index (χ0n) is 14.3. The molecule has 1 aromatic rings. The van der Waals surface area contributed by atoms with Gasteiger partial charge in [-0.2, -0.15) is 0 Å². The van der Waals surface area contributed by atoms with Crippen LogP contribution in [0.3, 0.4) is 0 Å². The molecule has 0 radical (unpaired) electrons. The number of halogens is 2. The van der Waals surface area contributed by atoms with Gasteiger partial charge in [-0.05, 0) is 49.8 Å². The maximum Gasteiger partial charge on any atom is 0.226 e. The van der Waals surface area contributed by atoms with Crippen molar-refractivity contribution < 1.29 is 14.3 Å². The van der Waals surface area contributed by atoms with E-state index < -0.39 is 5.79 Å². The van der Waals surface area contributed by atoms with Gasteiger partial charge >= 0.3 is 0 Å². The Bertz CT molecular complexity index is 667. The van der Waals surface area contributed by atoms with Crippen molar-refractivity contribution in [2.45, 2.75) is 37.9 Å². The average Bonchev–Trinajstić information content (AvgIpc) is 3.30. The summed E-state index contributed by atoms with van der Waals surface area (Å²) >= 11 is 12.1. The van der Waals surface area contributed by atoms with E-state index >= 15 is 0 Å². The second-order valence-corrected chi connectivity index (χ2v) is 8.25. The number of likely N-dealkylation sites (tertiary alicyclic amines) is 1. The third-order valence-electron chi connectivity index (χ3n) is 5.89. The van der Waals surface area contributed by atoms with Gasteiger partial charge in [-0.15, -0.1) is 0 Å². The van der Waals surface area contributed by atoms with E-state index in [1.807, 2.05) is 30.0 Å². The number of rotatable bonds is 3. The van der Waals surface area contributed by atoms with Crippen molar-refractivity contribution in [1.82, 2.24) is 4.90 Å². The second-order valence-electron chi connectivity index (χ2n) is 7.43. The molecule has 1 aromatic carbocycles. The number of benzene rings is 1. The zero-order chi connectivity index (χ0) is 17.6. The summed E-state index contributed by atoms with van der Waals surface area (Å²) in [5, 5.41) is 1.11. The fraction of sp³-hybridized carbons (Fsp3) is 0.632. The standard InChI is InChI=1S/C19H23Cl2NO3/c1-19(24-8-9-25-19)13-4-6-22(7-5-13)18(23)15-11-14(15)12-2-3-16(20)17(21)10-12/h2-3,10,13-15H,4-9,11H2,1H3/t14-,15+/m1/s1. The number of carbonyl (C=O) groups excluding carboxylic acids is 1. The summed E-state index contributed by atoms with van der Waals surface area (Å²) in [7, 11) is 0. The fourth-order valence-corrected chi connectivity index (χ4v) is 4.51. The van der Waals surface area contributed by atoms with Crippen LogP contribution in [0.25, 0.3) is 0 Å². The van der Waals surface area contributed by atoms with Crippen LogP contribution in [0.2, 0.25) is 10.0 Å². The van der Waals surface area contributed by atoms with Gasteiger partial charge in [-0.1, -0.05) is 29.3 Å². The topological polar surface area (TPSA) is 38.8 Å². The molecule has 3 aliphatic rings. The SMILES string of the molecule is CC1(C2CCN(C(=O)[C@H]3C[C@@H]3c3ccc(Cl)c(Cl)c3)CC2)OCCO1. The second kappa shape index (κ2) is 6.73. The Morgan fingerprint density at radius 2 is 1.84 bits per heavy atom. The lowest BCUT2D eigenvalue weighted by molar-refractivity contribution is -0.191. The van der Waals surface area contributed by atoms with Crippen LogP contribution >= 0.6 is 23.2 Å². The third kappa shape index (κ3) is 3.42. The fourth-order valence-electron chi connectivity index (χ4n) is 4.20. The molecule has 0 unspecified atom stereocenters. The Kier molecular flexibility index (Phi) is 4.74. The van der Waals surface area contributed by atoms with Crippen LogP contribution in [-0.4, -0.2) is 42.9 Å². The van der Waals surface area contributed by atoms with Crippen molar-refractivity contribution in [3.05, 3.63) is 33.8 Å². The van der Waals surface area contributed by atoms with E-state index in [1.54, 1.807) is 0 Å². The predicted molar refractivity (Wildman–Crippen MR) is 96.9 cm³/mol. The van der Waals surface area contributed by atoms with Gasteiger partial charge < -0.3 is 14.4 Å². The molecule has 1 saturated carbocycles. The van der Waals surface area contributed by atoms with Crippen molar-refractivity contribution in [1.29, 1.82) is 0 Å². The van der Waals surface area contributed by atoms with Crippen LogP contribution in [0.5, 0.6) is 0 Å². The van der Waals surface area contributed by atoms with Gasteiger partial charge in [0.1, 0.15) is 0 Å². The van der Waals surface area contributed by atoms with Gasteiger partial charge in [0.25, 0.3) is 0 Å². The van der Waals surface area contributed by atoms with Crippen molar-refractivity contribution in [2.24, 2.45) is 11.8 Å². The van der Waals surface area contributed by atoms with Gasteiger partial charge in [0.05, 0.1) is 23.3 Å². The number of carbonyl (C=O) groups is 1. The smallest absolute Gasteiger partial charge is 0.226 e. The Morgan fingerprint density at radius 1 is 1.16 bits per heavy atom. The molecule has 3 fully saturated rings. The van der Waals surface area contributed by atoms with E-state index in [0.717, 1.165) is 37.9 Å². The van der Waals surface area contributed by atoms with Crippen LogP contribution in [0, 0.1) is 11.8 Å². The first-order valence-corrected chi connectivity index (χ1v) is 9.75. The quantitative estimate of drug-likeness (QED) is 0.788. The molecule has 4 rings (SSSR count). The molecule has 6 heteroatoms. The molecule has 1 aliphatic carbocycles. The highest BCUT2D eigenvalue weighted by molar-refractivity contribution is 6.42. The van der Waals surface area contributed by atoms with E-state index in [9.17, 15) is 4.79 Å². The lowest BCUT2D eigenvalue weighted by Gasteiger charge is -2.39. The molecule has 2 heterocycles. The summed E-state index contributed by atoms with van der Waals surface area (Å²) in [6, 6.07) is 5.69. The molecular weight excluding hydrogens is 361 g/mol. The van der Waals surface area contributed by atoms with E-state index in [-0.39, 0.29) is 17.7 Å². The minimum absolute atomic E-state index is 0.0864. The van der Waals surface area contributed by atoms with Crippen LogP contribution in [0.1, 0.15) is 37.7 Å². The molecule has 0 spiro atoms. The van der Waals surface area contributed by atoms with Crippen molar-refractivity contribution in [3.63, 3.8) is 0 Å². The molecule has 25 heavy (non-hydrogen) atoms. The molecule has 2 atom stereocenters. The van der Waals surface area contributed by atoms with Crippen LogP contribution < -0.4 is 0 Å². The minimum atomic E-state index is -0.461. The number of piperidine rings is 1. The number of nitrogens with zero attached hydrogens (tertiary/aromatic N) is 1. The van der Waals surface area contributed by atoms with Crippen molar-refractivity contribution >= 4 is 29.1 Å². The molecule has 0 bridgehead atoms. The van der Waals surface area contributed by atoms with Crippen molar-refractivity contribution in [3.8, 4) is 0 Å². The zero-order valence-corrected chi connectivity index (χ0v) is 15.9. The summed E-state index contributed by atoms with van der Waals surface area (Å²) < 4.78 is 11.6. The molecule has 1 amide bonds. The molecule has 2 aliphatic heterocycles. The highest BCUT2D eigenvalue weighted by Gasteiger charge is 2.48. The van der Waals surface area contributed by atoms with E-state index in [4.69, 9.17) is 32.7 Å². The Morgan fingerprint density at radius 3 is 2.48 bits per heavy atom. The molecule has 2 saturated heterocycles. The van der Waals surface area contributed by atoms with Gasteiger partial charge in [0.2, 0.25) is 5.91 Å². The van der Waals surface area contributed by atoms with E-state index in [1.165, 1.54) is 0 Å². The Labute approximate surface area is 158 Å². The van der Waals surface area contributed by atoms with E-state index in [0.29, 0.717) is 29.2 Å². The highest BCUT2D eigenvalue weighted by Crippen LogP contribution is 2.50. The van der Waals surface area contributed by atoms with Gasteiger partial charge in [-0.3, -0.25) is 4.79 Å². The maximum atomic E-state index is 12.8. The minimum Gasteiger partial charge on any atom is -0.348 e. The molecule has 0 aromatic heterocycles.